The topological polar surface area (TPSA) is 87.6 Å². The van der Waals surface area contributed by atoms with Crippen molar-refractivity contribution in [2.24, 2.45) is 5.10 Å². The molecule has 3 aliphatic heterocycles. The largest absolute Gasteiger partial charge is 0.348 e. The highest BCUT2D eigenvalue weighted by atomic mass is 16.8. The fraction of sp³-hybridized carbons (Fsp3) is 0.579. The standard InChI is InChI=1S/C19H24N2O6/c1-18(2)23-10-12(25-18)14-13(15-17(24-14)27-19(3,4)26-15)20-21-16(22)11-8-6-5-7-9-11/h5-9,12,14-15,17H,10H2,1-4H3,(H,21,22). The molecule has 0 spiro atoms. The van der Waals surface area contributed by atoms with Crippen LogP contribution in [-0.2, 0) is 23.7 Å². The fourth-order valence-corrected chi connectivity index (χ4v) is 3.45. The van der Waals surface area contributed by atoms with Gasteiger partial charge >= 0.3 is 0 Å². The molecular formula is C19H24N2O6. The number of fused-ring (bicyclic) bond motifs is 1. The second kappa shape index (κ2) is 6.65. The molecule has 0 bridgehead atoms. The van der Waals surface area contributed by atoms with Crippen LogP contribution in [-0.4, -0.2) is 54.4 Å². The molecule has 0 aromatic heterocycles. The van der Waals surface area contributed by atoms with E-state index < -0.39 is 30.1 Å². The summed E-state index contributed by atoms with van der Waals surface area (Å²) < 4.78 is 29.3. The van der Waals surface area contributed by atoms with E-state index in [4.69, 9.17) is 23.7 Å². The van der Waals surface area contributed by atoms with E-state index in [1.165, 1.54) is 0 Å². The molecule has 3 saturated heterocycles. The lowest BCUT2D eigenvalue weighted by molar-refractivity contribution is -0.211. The van der Waals surface area contributed by atoms with E-state index in [9.17, 15) is 4.79 Å². The lowest BCUT2D eigenvalue weighted by atomic mass is 10.1. The Morgan fingerprint density at radius 2 is 1.78 bits per heavy atom. The number of hydrogen-bond donors (Lipinski definition) is 1. The molecule has 0 saturated carbocycles. The first-order chi connectivity index (χ1) is 12.7. The lowest BCUT2D eigenvalue weighted by Crippen LogP contribution is -2.41. The van der Waals surface area contributed by atoms with Crippen LogP contribution in [0.1, 0.15) is 38.1 Å². The average Bonchev–Trinajstić information content (AvgIpc) is 3.22. The average molecular weight is 376 g/mol. The summed E-state index contributed by atoms with van der Waals surface area (Å²) in [5, 5.41) is 4.33. The van der Waals surface area contributed by atoms with E-state index in [-0.39, 0.29) is 12.0 Å². The monoisotopic (exact) mass is 376 g/mol. The number of rotatable bonds is 3. The van der Waals surface area contributed by atoms with Crippen LogP contribution in [0.4, 0.5) is 0 Å². The van der Waals surface area contributed by atoms with Crippen LogP contribution in [0.15, 0.2) is 35.4 Å². The predicted molar refractivity (Wildman–Crippen MR) is 94.9 cm³/mol. The van der Waals surface area contributed by atoms with Crippen LogP contribution >= 0.6 is 0 Å². The van der Waals surface area contributed by atoms with Gasteiger partial charge in [0.25, 0.3) is 5.91 Å². The molecule has 4 atom stereocenters. The molecule has 3 fully saturated rings. The summed E-state index contributed by atoms with van der Waals surface area (Å²) in [5.74, 6) is -1.81. The molecule has 1 N–H and O–H groups in total. The van der Waals surface area contributed by atoms with Crippen LogP contribution in [0.25, 0.3) is 0 Å². The van der Waals surface area contributed by atoms with Crippen molar-refractivity contribution in [3.05, 3.63) is 35.9 Å². The molecular weight excluding hydrogens is 352 g/mol. The zero-order chi connectivity index (χ0) is 19.2. The molecule has 3 heterocycles. The molecule has 4 rings (SSSR count). The van der Waals surface area contributed by atoms with E-state index in [1.54, 1.807) is 24.3 Å². The molecule has 1 aromatic carbocycles. The normalized spacial score (nSPS) is 35.3. The fourth-order valence-electron chi connectivity index (χ4n) is 3.45. The van der Waals surface area contributed by atoms with E-state index in [0.717, 1.165) is 0 Å². The van der Waals surface area contributed by atoms with Gasteiger partial charge in [0.05, 0.1) is 6.61 Å². The van der Waals surface area contributed by atoms with Crippen LogP contribution in [0, 0.1) is 0 Å². The van der Waals surface area contributed by atoms with Crippen molar-refractivity contribution in [3.63, 3.8) is 0 Å². The Kier molecular flexibility index (Phi) is 4.56. The summed E-state index contributed by atoms with van der Waals surface area (Å²) in [7, 11) is 0. The van der Waals surface area contributed by atoms with Crippen molar-refractivity contribution in [2.45, 2.75) is 63.9 Å². The molecule has 1 aromatic rings. The van der Waals surface area contributed by atoms with Crippen LogP contribution in [0.2, 0.25) is 0 Å². The van der Waals surface area contributed by atoms with Gasteiger partial charge in [-0.1, -0.05) is 18.2 Å². The van der Waals surface area contributed by atoms with E-state index >= 15 is 0 Å². The maximum absolute atomic E-state index is 12.4. The number of ether oxygens (including phenoxy) is 5. The second-order valence-corrected chi connectivity index (χ2v) is 7.69. The molecule has 146 valence electrons. The molecule has 0 radical (unpaired) electrons. The van der Waals surface area contributed by atoms with Gasteiger partial charge < -0.3 is 23.7 Å². The summed E-state index contributed by atoms with van der Waals surface area (Å²) >= 11 is 0. The van der Waals surface area contributed by atoms with Crippen LogP contribution < -0.4 is 5.43 Å². The second-order valence-electron chi connectivity index (χ2n) is 7.69. The third-order valence-electron chi connectivity index (χ3n) is 4.61. The summed E-state index contributed by atoms with van der Waals surface area (Å²) in [4.78, 5) is 12.4. The van der Waals surface area contributed by atoms with Gasteiger partial charge in [-0.3, -0.25) is 4.79 Å². The molecule has 3 aliphatic rings. The third-order valence-corrected chi connectivity index (χ3v) is 4.61. The smallest absolute Gasteiger partial charge is 0.271 e. The highest BCUT2D eigenvalue weighted by molar-refractivity contribution is 5.99. The molecule has 0 aliphatic carbocycles. The van der Waals surface area contributed by atoms with Gasteiger partial charge in [-0.2, -0.15) is 5.10 Å². The summed E-state index contributed by atoms with van der Waals surface area (Å²) in [6, 6.07) is 8.87. The SMILES string of the molecule is CC1(C)OCC(C2OC3OC(C)(C)OC3C2=NNC(=O)c2ccccc2)O1. The number of carbonyl (C=O) groups is 1. The Bertz CT molecular complexity index is 748. The number of nitrogens with zero attached hydrogens (tertiary/aromatic N) is 1. The minimum absolute atomic E-state index is 0.313. The van der Waals surface area contributed by atoms with E-state index in [1.807, 2.05) is 33.8 Å². The van der Waals surface area contributed by atoms with Gasteiger partial charge in [-0.15, -0.1) is 0 Å². The number of nitrogens with one attached hydrogen (secondary N) is 1. The Hall–Kier alpha value is -1.84. The van der Waals surface area contributed by atoms with E-state index in [2.05, 4.69) is 10.5 Å². The highest BCUT2D eigenvalue weighted by Gasteiger charge is 2.56. The van der Waals surface area contributed by atoms with Crippen molar-refractivity contribution in [2.75, 3.05) is 6.61 Å². The first-order valence-electron chi connectivity index (χ1n) is 9.00. The van der Waals surface area contributed by atoms with Crippen LogP contribution in [0.5, 0.6) is 0 Å². The Balaban J connectivity index is 1.56. The third kappa shape index (κ3) is 3.76. The van der Waals surface area contributed by atoms with Crippen LogP contribution in [0.3, 0.4) is 0 Å². The van der Waals surface area contributed by atoms with Gasteiger partial charge in [-0.25, -0.2) is 5.43 Å². The minimum Gasteiger partial charge on any atom is -0.348 e. The first kappa shape index (κ1) is 18.5. The van der Waals surface area contributed by atoms with Crippen molar-refractivity contribution in [1.82, 2.24) is 5.43 Å². The Labute approximate surface area is 157 Å². The maximum atomic E-state index is 12.4. The molecule has 27 heavy (non-hydrogen) atoms. The zero-order valence-corrected chi connectivity index (χ0v) is 15.8. The zero-order valence-electron chi connectivity index (χ0n) is 15.8. The summed E-state index contributed by atoms with van der Waals surface area (Å²) in [6.07, 6.45) is -2.03. The van der Waals surface area contributed by atoms with Crippen molar-refractivity contribution in [3.8, 4) is 0 Å². The number of amides is 1. The molecule has 8 nitrogen and oxygen atoms in total. The van der Waals surface area contributed by atoms with Gasteiger partial charge in [0.1, 0.15) is 17.9 Å². The van der Waals surface area contributed by atoms with Crippen molar-refractivity contribution < 1.29 is 28.5 Å². The van der Waals surface area contributed by atoms with Crippen molar-refractivity contribution >= 4 is 11.6 Å². The maximum Gasteiger partial charge on any atom is 0.271 e. The number of hydrogen-bond acceptors (Lipinski definition) is 7. The quantitative estimate of drug-likeness (QED) is 0.810. The predicted octanol–water partition coefficient (Wildman–Crippen LogP) is 1.80. The minimum atomic E-state index is -0.795. The van der Waals surface area contributed by atoms with Gasteiger partial charge in [0, 0.05) is 5.56 Å². The molecule has 4 unspecified atom stereocenters. The van der Waals surface area contributed by atoms with Gasteiger partial charge in [0.2, 0.25) is 0 Å². The van der Waals surface area contributed by atoms with Crippen molar-refractivity contribution in [1.29, 1.82) is 0 Å². The number of hydrazone groups is 1. The summed E-state index contributed by atoms with van der Waals surface area (Å²) in [5.41, 5.74) is 3.63. The highest BCUT2D eigenvalue weighted by Crippen LogP contribution is 2.39. The molecule has 1 amide bonds. The van der Waals surface area contributed by atoms with E-state index in [0.29, 0.717) is 17.9 Å². The number of carbonyl (C=O) groups excluding carboxylic acids is 1. The number of benzene rings is 1. The Morgan fingerprint density at radius 1 is 1.04 bits per heavy atom. The Morgan fingerprint density at radius 3 is 2.44 bits per heavy atom. The van der Waals surface area contributed by atoms with Gasteiger partial charge in [0.15, 0.2) is 24.0 Å². The lowest BCUT2D eigenvalue weighted by Gasteiger charge is -2.24. The first-order valence-corrected chi connectivity index (χ1v) is 9.00. The summed E-state index contributed by atoms with van der Waals surface area (Å²) in [6.45, 7) is 7.65. The molecule has 8 heteroatoms. The van der Waals surface area contributed by atoms with Gasteiger partial charge in [-0.05, 0) is 39.8 Å².